The number of carbonyl (C=O) groups is 2. The van der Waals surface area contributed by atoms with E-state index in [1.54, 1.807) is 13.8 Å². The van der Waals surface area contributed by atoms with Crippen LogP contribution in [0, 0.1) is 0 Å². The van der Waals surface area contributed by atoms with Gasteiger partial charge in [-0.25, -0.2) is 0 Å². The predicted octanol–water partition coefficient (Wildman–Crippen LogP) is 1.83. The van der Waals surface area contributed by atoms with E-state index in [0.29, 0.717) is 18.5 Å². The number of amides is 2. The van der Waals surface area contributed by atoms with E-state index in [0.717, 1.165) is 11.1 Å². The number of hydrogen-bond donors (Lipinski definition) is 2. The van der Waals surface area contributed by atoms with Gasteiger partial charge in [0.2, 0.25) is 0 Å². The molecule has 0 aromatic carbocycles. The number of rotatable bonds is 1. The molecule has 2 fully saturated rings. The molecule has 0 bridgehead atoms. The quantitative estimate of drug-likeness (QED) is 0.568. The Labute approximate surface area is 123 Å². The van der Waals surface area contributed by atoms with Crippen LogP contribution in [-0.2, 0) is 9.59 Å². The molecule has 2 aliphatic heterocycles. The molecule has 94 valence electrons. The molecule has 2 heterocycles. The van der Waals surface area contributed by atoms with Crippen LogP contribution in [0.25, 0.3) is 0 Å². The van der Waals surface area contributed by atoms with E-state index in [-0.39, 0.29) is 11.8 Å². The molecule has 0 unspecified atom stereocenters. The molecule has 2 rings (SSSR count). The minimum atomic E-state index is -0.214. The van der Waals surface area contributed by atoms with Gasteiger partial charge in [-0.05, 0) is 25.0 Å². The molecule has 2 saturated heterocycles. The van der Waals surface area contributed by atoms with Crippen LogP contribution in [-0.4, -0.2) is 20.5 Å². The largest absolute Gasteiger partial charge is 0.307 e. The van der Waals surface area contributed by atoms with E-state index >= 15 is 0 Å². The first-order valence-electron chi connectivity index (χ1n) is 4.88. The summed E-state index contributed by atoms with van der Waals surface area (Å²) in [5.41, 5.74) is 1.50. The molecule has 2 amide bonds. The molecule has 2 aliphatic rings. The first-order chi connectivity index (χ1) is 8.40. The van der Waals surface area contributed by atoms with Gasteiger partial charge in [0.1, 0.15) is 8.64 Å². The normalized spacial score (nSPS) is 25.2. The van der Waals surface area contributed by atoms with Crippen molar-refractivity contribution in [3.63, 3.8) is 0 Å². The van der Waals surface area contributed by atoms with Crippen molar-refractivity contribution in [1.82, 2.24) is 10.6 Å². The maximum atomic E-state index is 11.7. The summed E-state index contributed by atoms with van der Waals surface area (Å²) >= 11 is 12.3. The average Bonchev–Trinajstić information content (AvgIpc) is 2.79. The number of thiocarbonyl (C=S) groups is 2. The van der Waals surface area contributed by atoms with Gasteiger partial charge in [-0.1, -0.05) is 48.0 Å². The zero-order valence-corrected chi connectivity index (χ0v) is 12.7. The Bertz CT molecular complexity index is 512. The summed E-state index contributed by atoms with van der Waals surface area (Å²) < 4.78 is 0.873. The number of carbonyl (C=O) groups excluding carboxylic acids is 2. The topological polar surface area (TPSA) is 58.2 Å². The molecule has 0 aromatic heterocycles. The molecule has 0 aromatic rings. The van der Waals surface area contributed by atoms with E-state index in [4.69, 9.17) is 24.4 Å². The lowest BCUT2D eigenvalue weighted by molar-refractivity contribution is -0.116. The third-order valence-electron chi connectivity index (χ3n) is 2.48. The summed E-state index contributed by atoms with van der Waals surface area (Å²) in [7, 11) is 0. The van der Waals surface area contributed by atoms with Gasteiger partial charge in [0.05, 0.1) is 9.81 Å². The lowest BCUT2D eigenvalue weighted by atomic mass is 10.1. The van der Waals surface area contributed by atoms with Crippen LogP contribution in [0.3, 0.4) is 0 Å². The van der Waals surface area contributed by atoms with Crippen molar-refractivity contribution in [2.45, 2.75) is 13.8 Å². The summed E-state index contributed by atoms with van der Waals surface area (Å²) in [5, 5.41) is 5.11. The molecular formula is C10H8N2O2S4. The van der Waals surface area contributed by atoms with E-state index < -0.39 is 0 Å². The minimum absolute atomic E-state index is 0.214. The van der Waals surface area contributed by atoms with Crippen LogP contribution in [0.5, 0.6) is 0 Å². The van der Waals surface area contributed by atoms with E-state index in [1.807, 2.05) is 0 Å². The molecule has 0 saturated carbocycles. The molecule has 18 heavy (non-hydrogen) atoms. The van der Waals surface area contributed by atoms with Crippen LogP contribution >= 0.6 is 48.0 Å². The van der Waals surface area contributed by atoms with Crippen molar-refractivity contribution in [2.24, 2.45) is 0 Å². The highest BCUT2D eigenvalue weighted by atomic mass is 32.2. The van der Waals surface area contributed by atoms with Gasteiger partial charge in [-0.15, -0.1) is 0 Å². The first kappa shape index (κ1) is 13.7. The Hall–Kier alpha value is -0.700. The zero-order chi connectivity index (χ0) is 13.4. The lowest BCUT2D eigenvalue weighted by Crippen LogP contribution is -2.19. The number of thioether (sulfide) groups is 2. The second-order valence-corrected chi connectivity index (χ2v) is 6.97. The fourth-order valence-corrected chi connectivity index (χ4v) is 3.71. The number of allylic oxidation sites excluding steroid dienone is 2. The van der Waals surface area contributed by atoms with Crippen LogP contribution in [0.1, 0.15) is 13.8 Å². The van der Waals surface area contributed by atoms with Crippen molar-refractivity contribution in [2.75, 3.05) is 0 Å². The second kappa shape index (κ2) is 5.12. The van der Waals surface area contributed by atoms with Gasteiger partial charge < -0.3 is 10.6 Å². The fraction of sp³-hybridized carbons (Fsp3) is 0.200. The van der Waals surface area contributed by atoms with Gasteiger partial charge >= 0.3 is 0 Å². The fourth-order valence-electron chi connectivity index (χ4n) is 1.46. The molecular weight excluding hydrogens is 308 g/mol. The van der Waals surface area contributed by atoms with Crippen LogP contribution in [0.4, 0.5) is 0 Å². The van der Waals surface area contributed by atoms with Crippen LogP contribution < -0.4 is 10.6 Å². The Morgan fingerprint density at radius 2 is 1.22 bits per heavy atom. The van der Waals surface area contributed by atoms with Gasteiger partial charge in [0.15, 0.2) is 0 Å². The smallest absolute Gasteiger partial charge is 0.263 e. The summed E-state index contributed by atoms with van der Waals surface area (Å²) in [6, 6.07) is 0. The Morgan fingerprint density at radius 3 is 1.44 bits per heavy atom. The van der Waals surface area contributed by atoms with Crippen molar-refractivity contribution < 1.29 is 9.59 Å². The Kier molecular flexibility index (Phi) is 3.90. The van der Waals surface area contributed by atoms with Gasteiger partial charge in [-0.2, -0.15) is 0 Å². The molecule has 8 heteroatoms. The minimum Gasteiger partial charge on any atom is -0.307 e. The third-order valence-corrected chi connectivity index (χ3v) is 5.15. The van der Waals surface area contributed by atoms with Crippen molar-refractivity contribution in [1.29, 1.82) is 0 Å². The molecule has 4 nitrogen and oxygen atoms in total. The summed E-state index contributed by atoms with van der Waals surface area (Å²) in [4.78, 5) is 24.4. The molecule has 0 radical (unpaired) electrons. The third kappa shape index (κ3) is 2.51. The summed E-state index contributed by atoms with van der Waals surface area (Å²) in [5.74, 6) is -0.429. The highest BCUT2D eigenvalue weighted by Crippen LogP contribution is 2.35. The standard InChI is InChI=1S/C10H8N2O2S4/c1-3(5-7(13)11-9(15)17-5)4(2)6-8(14)12-10(16)18-6/h1-2H3,(H,11,13,15)(H,12,14,16)/b5-3-,6-4-. The number of nitrogens with one attached hydrogen (secondary N) is 2. The van der Waals surface area contributed by atoms with E-state index in [9.17, 15) is 9.59 Å². The molecule has 0 spiro atoms. The maximum Gasteiger partial charge on any atom is 0.263 e. The summed E-state index contributed by atoms with van der Waals surface area (Å²) in [6.07, 6.45) is 0. The summed E-state index contributed by atoms with van der Waals surface area (Å²) in [6.45, 7) is 3.60. The Balaban J connectivity index is 2.43. The molecule has 0 aliphatic carbocycles. The van der Waals surface area contributed by atoms with Crippen molar-refractivity contribution >= 4 is 68.4 Å². The highest BCUT2D eigenvalue weighted by molar-refractivity contribution is 8.27. The van der Waals surface area contributed by atoms with Gasteiger partial charge in [-0.3, -0.25) is 9.59 Å². The maximum absolute atomic E-state index is 11.7. The Morgan fingerprint density at radius 1 is 0.889 bits per heavy atom. The van der Waals surface area contributed by atoms with Gasteiger partial charge in [0.25, 0.3) is 11.8 Å². The molecule has 2 N–H and O–H groups in total. The zero-order valence-electron chi connectivity index (χ0n) is 9.45. The first-order valence-corrected chi connectivity index (χ1v) is 7.33. The van der Waals surface area contributed by atoms with E-state index in [2.05, 4.69) is 10.6 Å². The highest BCUT2D eigenvalue weighted by Gasteiger charge is 2.29. The van der Waals surface area contributed by atoms with Gasteiger partial charge in [0, 0.05) is 0 Å². The van der Waals surface area contributed by atoms with Crippen LogP contribution in [0.2, 0.25) is 0 Å². The average molecular weight is 316 g/mol. The monoisotopic (exact) mass is 316 g/mol. The van der Waals surface area contributed by atoms with Crippen molar-refractivity contribution in [3.05, 3.63) is 21.0 Å². The second-order valence-electron chi connectivity index (χ2n) is 3.60. The van der Waals surface area contributed by atoms with E-state index in [1.165, 1.54) is 23.5 Å². The SMILES string of the molecule is CC(=C1/SC(=S)NC1=O)/C(C)=C1\SC(=S)NC1=O. The molecule has 0 atom stereocenters. The number of hydrogen-bond acceptors (Lipinski definition) is 6. The lowest BCUT2D eigenvalue weighted by Gasteiger charge is -2.05. The van der Waals surface area contributed by atoms with Crippen molar-refractivity contribution in [3.8, 4) is 0 Å². The predicted molar refractivity (Wildman–Crippen MR) is 82.1 cm³/mol. The van der Waals surface area contributed by atoms with Crippen LogP contribution in [0.15, 0.2) is 21.0 Å².